The third-order valence-electron chi connectivity index (χ3n) is 2.65. The molecular formula is C12H12Cl2N4O. The SMILES string of the molecule is C=C(N)NC(=O)Cc1c(Cl)ccc2c(Cl)nn(C)c12. The number of carbonyl (C=O) groups excluding carboxylic acids is 1. The Morgan fingerprint density at radius 2 is 2.21 bits per heavy atom. The molecule has 0 saturated carbocycles. The minimum Gasteiger partial charge on any atom is -0.386 e. The predicted molar refractivity (Wildman–Crippen MR) is 75.9 cm³/mol. The highest BCUT2D eigenvalue weighted by atomic mass is 35.5. The summed E-state index contributed by atoms with van der Waals surface area (Å²) < 4.78 is 1.60. The lowest BCUT2D eigenvalue weighted by Crippen LogP contribution is -2.28. The van der Waals surface area contributed by atoms with Gasteiger partial charge in [-0.1, -0.05) is 29.8 Å². The molecule has 100 valence electrons. The Labute approximate surface area is 120 Å². The maximum absolute atomic E-state index is 11.8. The molecule has 3 N–H and O–H groups in total. The number of amides is 1. The number of carbonyl (C=O) groups is 1. The summed E-state index contributed by atoms with van der Waals surface area (Å²) in [6.45, 7) is 3.42. The molecule has 0 fully saturated rings. The van der Waals surface area contributed by atoms with Crippen LogP contribution in [0.4, 0.5) is 0 Å². The van der Waals surface area contributed by atoms with Gasteiger partial charge in [0, 0.05) is 23.0 Å². The average molecular weight is 299 g/mol. The molecule has 0 unspecified atom stereocenters. The van der Waals surface area contributed by atoms with Crippen LogP contribution in [0.2, 0.25) is 10.2 Å². The monoisotopic (exact) mass is 298 g/mol. The molecule has 0 aliphatic carbocycles. The molecule has 1 aromatic carbocycles. The maximum Gasteiger partial charge on any atom is 0.230 e. The van der Waals surface area contributed by atoms with E-state index in [1.165, 1.54) is 0 Å². The molecule has 1 heterocycles. The fourth-order valence-corrected chi connectivity index (χ4v) is 2.42. The summed E-state index contributed by atoms with van der Waals surface area (Å²) in [5.41, 5.74) is 6.72. The third kappa shape index (κ3) is 2.67. The minimum absolute atomic E-state index is 0.0717. The van der Waals surface area contributed by atoms with E-state index in [1.807, 2.05) is 0 Å². The fourth-order valence-electron chi connectivity index (χ4n) is 1.94. The van der Waals surface area contributed by atoms with Gasteiger partial charge in [-0.2, -0.15) is 5.10 Å². The van der Waals surface area contributed by atoms with Crippen LogP contribution < -0.4 is 11.1 Å². The molecule has 2 aromatic rings. The number of benzene rings is 1. The molecule has 0 saturated heterocycles. The molecule has 1 amide bonds. The molecular weight excluding hydrogens is 287 g/mol. The van der Waals surface area contributed by atoms with Crippen LogP contribution in [0.15, 0.2) is 24.5 Å². The first-order valence-electron chi connectivity index (χ1n) is 5.44. The number of nitrogens with zero attached hydrogens (tertiary/aromatic N) is 2. The predicted octanol–water partition coefficient (Wildman–Crippen LogP) is 1.97. The van der Waals surface area contributed by atoms with Gasteiger partial charge in [0.05, 0.1) is 17.8 Å². The molecule has 0 atom stereocenters. The molecule has 1 aromatic heterocycles. The first-order chi connectivity index (χ1) is 8.90. The first-order valence-corrected chi connectivity index (χ1v) is 6.19. The zero-order valence-corrected chi connectivity index (χ0v) is 11.7. The van der Waals surface area contributed by atoms with E-state index in [-0.39, 0.29) is 18.1 Å². The van der Waals surface area contributed by atoms with Gasteiger partial charge in [-0.3, -0.25) is 9.48 Å². The molecule has 0 radical (unpaired) electrons. The van der Waals surface area contributed by atoms with Crippen molar-refractivity contribution in [2.24, 2.45) is 12.8 Å². The van der Waals surface area contributed by atoms with Gasteiger partial charge in [0.15, 0.2) is 5.15 Å². The Morgan fingerprint density at radius 1 is 1.53 bits per heavy atom. The molecule has 0 bridgehead atoms. The van der Waals surface area contributed by atoms with E-state index in [2.05, 4.69) is 17.0 Å². The topological polar surface area (TPSA) is 72.9 Å². The van der Waals surface area contributed by atoms with E-state index in [4.69, 9.17) is 28.9 Å². The number of hydrogen-bond donors (Lipinski definition) is 2. The minimum atomic E-state index is -0.292. The molecule has 0 aliphatic heterocycles. The summed E-state index contributed by atoms with van der Waals surface area (Å²) in [5, 5.41) is 8.15. The summed E-state index contributed by atoms with van der Waals surface area (Å²) >= 11 is 12.2. The smallest absolute Gasteiger partial charge is 0.230 e. The van der Waals surface area contributed by atoms with Gasteiger partial charge in [0.25, 0.3) is 0 Å². The second-order valence-electron chi connectivity index (χ2n) is 4.09. The zero-order chi connectivity index (χ0) is 14.2. The number of rotatable bonds is 3. The Kier molecular flexibility index (Phi) is 3.68. The number of fused-ring (bicyclic) bond motifs is 1. The molecule has 2 rings (SSSR count). The number of nitrogens with two attached hydrogens (primary N) is 1. The number of aromatic nitrogens is 2. The van der Waals surface area contributed by atoms with Crippen LogP contribution >= 0.6 is 23.2 Å². The largest absolute Gasteiger partial charge is 0.386 e. The fraction of sp³-hybridized carbons (Fsp3) is 0.167. The standard InChI is InChI=1S/C12H12Cl2N4O/c1-6(15)16-10(19)5-8-9(13)4-3-7-11(8)18(2)17-12(7)14/h3-4H,1,5,15H2,2H3,(H,16,19). The summed E-state index contributed by atoms with van der Waals surface area (Å²) in [5.74, 6) is -0.199. The highest BCUT2D eigenvalue weighted by molar-refractivity contribution is 6.36. The molecule has 0 aliphatic rings. The van der Waals surface area contributed by atoms with Gasteiger partial charge in [-0.05, 0) is 12.1 Å². The second-order valence-corrected chi connectivity index (χ2v) is 4.85. The lowest BCUT2D eigenvalue weighted by molar-refractivity contribution is -0.119. The van der Waals surface area contributed by atoms with Gasteiger partial charge in [0.2, 0.25) is 5.91 Å². The van der Waals surface area contributed by atoms with E-state index in [0.717, 1.165) is 10.9 Å². The molecule has 7 heteroatoms. The van der Waals surface area contributed by atoms with E-state index in [1.54, 1.807) is 23.9 Å². The summed E-state index contributed by atoms with van der Waals surface area (Å²) in [6, 6.07) is 3.47. The Hall–Kier alpha value is -1.72. The highest BCUT2D eigenvalue weighted by Crippen LogP contribution is 2.30. The number of halogens is 2. The first kappa shape index (κ1) is 13.7. The van der Waals surface area contributed by atoms with Crippen LogP contribution in [0.5, 0.6) is 0 Å². The Morgan fingerprint density at radius 3 is 2.84 bits per heavy atom. The van der Waals surface area contributed by atoms with Crippen molar-refractivity contribution in [3.8, 4) is 0 Å². The Bertz CT molecular complexity index is 678. The van der Waals surface area contributed by atoms with Crippen molar-refractivity contribution >= 4 is 40.0 Å². The number of nitrogens with one attached hydrogen (secondary N) is 1. The van der Waals surface area contributed by atoms with E-state index in [9.17, 15) is 4.79 Å². The lowest BCUT2D eigenvalue weighted by atomic mass is 10.1. The van der Waals surface area contributed by atoms with Crippen molar-refractivity contribution in [1.29, 1.82) is 0 Å². The molecule has 19 heavy (non-hydrogen) atoms. The van der Waals surface area contributed by atoms with Crippen molar-refractivity contribution in [2.45, 2.75) is 6.42 Å². The van der Waals surface area contributed by atoms with Crippen LogP contribution in [0, 0.1) is 0 Å². The van der Waals surface area contributed by atoms with Crippen molar-refractivity contribution < 1.29 is 4.79 Å². The zero-order valence-electron chi connectivity index (χ0n) is 10.2. The number of hydrogen-bond acceptors (Lipinski definition) is 3. The van der Waals surface area contributed by atoms with E-state index < -0.39 is 0 Å². The van der Waals surface area contributed by atoms with Gasteiger partial charge >= 0.3 is 0 Å². The van der Waals surface area contributed by atoms with Gasteiger partial charge < -0.3 is 11.1 Å². The van der Waals surface area contributed by atoms with Gasteiger partial charge in [0.1, 0.15) is 0 Å². The van der Waals surface area contributed by atoms with Crippen LogP contribution in [0.3, 0.4) is 0 Å². The molecule has 0 spiro atoms. The van der Waals surface area contributed by atoms with E-state index >= 15 is 0 Å². The van der Waals surface area contributed by atoms with E-state index in [0.29, 0.717) is 15.7 Å². The summed E-state index contributed by atoms with van der Waals surface area (Å²) in [4.78, 5) is 11.8. The highest BCUT2D eigenvalue weighted by Gasteiger charge is 2.16. The van der Waals surface area contributed by atoms with Gasteiger partial charge in [-0.25, -0.2) is 0 Å². The van der Waals surface area contributed by atoms with Crippen LogP contribution in [0.1, 0.15) is 5.56 Å². The summed E-state index contributed by atoms with van der Waals surface area (Å²) in [6.07, 6.45) is 0.0717. The number of aryl methyl sites for hydroxylation is 1. The Balaban J connectivity index is 2.50. The third-order valence-corrected chi connectivity index (χ3v) is 3.28. The average Bonchev–Trinajstić information content (AvgIpc) is 2.57. The maximum atomic E-state index is 11.8. The van der Waals surface area contributed by atoms with Crippen molar-refractivity contribution in [2.75, 3.05) is 0 Å². The van der Waals surface area contributed by atoms with Gasteiger partial charge in [-0.15, -0.1) is 0 Å². The van der Waals surface area contributed by atoms with Crippen LogP contribution in [-0.2, 0) is 18.3 Å². The molecule has 5 nitrogen and oxygen atoms in total. The van der Waals surface area contributed by atoms with Crippen molar-refractivity contribution in [1.82, 2.24) is 15.1 Å². The lowest BCUT2D eigenvalue weighted by Gasteiger charge is -2.08. The van der Waals surface area contributed by atoms with Crippen LogP contribution in [0.25, 0.3) is 10.9 Å². The van der Waals surface area contributed by atoms with Crippen LogP contribution in [-0.4, -0.2) is 15.7 Å². The van der Waals surface area contributed by atoms with Crippen molar-refractivity contribution in [3.63, 3.8) is 0 Å². The summed E-state index contributed by atoms with van der Waals surface area (Å²) in [7, 11) is 1.74. The quantitative estimate of drug-likeness (QED) is 0.910. The van der Waals surface area contributed by atoms with Crippen molar-refractivity contribution in [3.05, 3.63) is 40.3 Å². The normalized spacial score (nSPS) is 10.7. The second kappa shape index (κ2) is 5.11.